The van der Waals surface area contributed by atoms with Crippen molar-refractivity contribution in [3.63, 3.8) is 0 Å². The van der Waals surface area contributed by atoms with Crippen LogP contribution >= 0.6 is 0 Å². The zero-order chi connectivity index (χ0) is 15.8. The molecule has 4 heteroatoms. The van der Waals surface area contributed by atoms with Gasteiger partial charge in [0.05, 0.1) is 5.70 Å². The van der Waals surface area contributed by atoms with Crippen molar-refractivity contribution in [3.05, 3.63) is 100 Å². The van der Waals surface area contributed by atoms with Crippen molar-refractivity contribution in [2.75, 3.05) is 0 Å². The molecule has 0 saturated heterocycles. The lowest BCUT2D eigenvalue weighted by molar-refractivity contribution is -0.113. The van der Waals surface area contributed by atoms with Gasteiger partial charge in [0, 0.05) is 4.91 Å². The van der Waals surface area contributed by atoms with Gasteiger partial charge in [0.25, 0.3) is 0 Å². The number of ketones is 1. The minimum Gasteiger partial charge on any atom is -0.295 e. The van der Waals surface area contributed by atoms with Gasteiger partial charge in [-0.2, -0.15) is 0 Å². The Balaban J connectivity index is 2.54. The molecule has 0 bridgehead atoms. The summed E-state index contributed by atoms with van der Waals surface area (Å²) in [5.74, 6) is -0.269. The second-order valence-corrected chi connectivity index (χ2v) is 4.61. The number of Topliss-reactive ketones (excluding diaryl/α,β-unsaturated/α-hetero) is 1. The van der Waals surface area contributed by atoms with Gasteiger partial charge in [0.2, 0.25) is 0 Å². The predicted octanol–water partition coefficient (Wildman–Crippen LogP) is 4.90. The van der Waals surface area contributed by atoms with Crippen molar-refractivity contribution in [2.24, 2.45) is 5.11 Å². The molecule has 0 aliphatic rings. The van der Waals surface area contributed by atoms with E-state index in [2.05, 4.69) is 10.0 Å². The highest BCUT2D eigenvalue weighted by Crippen LogP contribution is 2.23. The Bertz CT molecular complexity index is 710. The van der Waals surface area contributed by atoms with E-state index in [9.17, 15) is 4.79 Å². The summed E-state index contributed by atoms with van der Waals surface area (Å²) in [6.45, 7) is 1.37. The Labute approximate surface area is 129 Å². The van der Waals surface area contributed by atoms with Gasteiger partial charge < -0.3 is 0 Å². The highest BCUT2D eigenvalue weighted by Gasteiger charge is 2.04. The second-order valence-electron chi connectivity index (χ2n) is 4.61. The van der Waals surface area contributed by atoms with E-state index in [-0.39, 0.29) is 11.5 Å². The molecule has 0 heterocycles. The molecule has 4 nitrogen and oxygen atoms in total. The van der Waals surface area contributed by atoms with Gasteiger partial charge in [-0.15, -0.1) is 0 Å². The summed E-state index contributed by atoms with van der Waals surface area (Å²) in [5, 5.41) is 3.43. The number of rotatable bonds is 5. The summed E-state index contributed by atoms with van der Waals surface area (Å²) >= 11 is 0. The van der Waals surface area contributed by atoms with E-state index < -0.39 is 0 Å². The van der Waals surface area contributed by atoms with E-state index >= 15 is 0 Å². The molecule has 0 spiro atoms. The molecule has 0 amide bonds. The summed E-state index contributed by atoms with van der Waals surface area (Å²) in [6, 6.07) is 19.7. The smallest absolute Gasteiger partial charge is 0.162 e. The number of benzene rings is 2. The molecule has 0 radical (unpaired) electrons. The van der Waals surface area contributed by atoms with Crippen LogP contribution in [0, 0.1) is 0 Å². The largest absolute Gasteiger partial charge is 0.295 e. The minimum absolute atomic E-state index is 0.0897. The topological polar surface area (TPSA) is 65.8 Å². The molecule has 0 unspecified atom stereocenters. The van der Waals surface area contributed by atoms with Crippen LogP contribution in [0.3, 0.4) is 0 Å². The molecule has 0 fully saturated rings. The molecule has 0 aliphatic heterocycles. The third-order valence-electron chi connectivity index (χ3n) is 3.09. The molecule has 108 valence electrons. The van der Waals surface area contributed by atoms with Gasteiger partial charge in [-0.1, -0.05) is 71.9 Å². The van der Waals surface area contributed by atoms with Crippen molar-refractivity contribution in [1.82, 2.24) is 0 Å². The van der Waals surface area contributed by atoms with Crippen molar-refractivity contribution < 1.29 is 4.79 Å². The number of allylic oxidation sites excluding steroid dienone is 3. The highest BCUT2D eigenvalue weighted by atomic mass is 16.1. The van der Waals surface area contributed by atoms with Crippen LogP contribution in [0.25, 0.3) is 16.0 Å². The number of carbonyl (C=O) groups is 1. The quantitative estimate of drug-likeness (QED) is 0.254. The van der Waals surface area contributed by atoms with E-state index in [1.165, 1.54) is 6.92 Å². The fourth-order valence-corrected chi connectivity index (χ4v) is 2.03. The van der Waals surface area contributed by atoms with Gasteiger partial charge >= 0.3 is 0 Å². The molecule has 0 saturated carbocycles. The van der Waals surface area contributed by atoms with Crippen LogP contribution in [0.15, 0.2) is 83.6 Å². The van der Waals surface area contributed by atoms with E-state index in [0.29, 0.717) is 0 Å². The van der Waals surface area contributed by atoms with Gasteiger partial charge in [-0.3, -0.25) is 4.79 Å². The predicted molar refractivity (Wildman–Crippen MR) is 87.9 cm³/mol. The lowest BCUT2D eigenvalue weighted by atomic mass is 9.97. The van der Waals surface area contributed by atoms with Gasteiger partial charge in [-0.25, -0.2) is 0 Å². The van der Waals surface area contributed by atoms with Crippen LogP contribution in [0.5, 0.6) is 0 Å². The fraction of sp³-hybridized carbons (Fsp3) is 0.0556. The van der Waals surface area contributed by atoms with Crippen LogP contribution in [0.2, 0.25) is 0 Å². The maximum Gasteiger partial charge on any atom is 0.162 e. The Morgan fingerprint density at radius 1 is 0.955 bits per heavy atom. The number of nitrogens with zero attached hydrogens (tertiary/aromatic N) is 3. The molecular weight excluding hydrogens is 274 g/mol. The molecule has 0 aliphatic carbocycles. The standard InChI is InChI=1S/C18H15N3O/c1-14(22)18(20-21-19)13-12-17(15-8-4-2-5-9-15)16-10-6-3-7-11-16/h2-13H,1H3. The first-order valence-electron chi connectivity index (χ1n) is 6.81. The van der Waals surface area contributed by atoms with Crippen molar-refractivity contribution in [1.29, 1.82) is 0 Å². The second kappa shape index (κ2) is 7.62. The average Bonchev–Trinajstić information content (AvgIpc) is 2.56. The van der Waals surface area contributed by atoms with Crippen LogP contribution in [-0.2, 0) is 4.79 Å². The lowest BCUT2D eigenvalue weighted by Gasteiger charge is -2.07. The van der Waals surface area contributed by atoms with E-state index in [1.807, 2.05) is 60.7 Å². The number of hydrogen-bond acceptors (Lipinski definition) is 2. The molecule has 0 atom stereocenters. The molecule has 0 N–H and O–H groups in total. The van der Waals surface area contributed by atoms with E-state index in [4.69, 9.17) is 5.53 Å². The third-order valence-corrected chi connectivity index (χ3v) is 3.09. The Morgan fingerprint density at radius 2 is 1.45 bits per heavy atom. The maximum absolute atomic E-state index is 11.5. The van der Waals surface area contributed by atoms with Crippen molar-refractivity contribution in [3.8, 4) is 0 Å². The molecular formula is C18H15N3O. The Hall–Kier alpha value is -3.10. The molecule has 2 aromatic rings. The third kappa shape index (κ3) is 3.95. The Kier molecular flexibility index (Phi) is 5.30. The first-order valence-corrected chi connectivity index (χ1v) is 6.81. The lowest BCUT2D eigenvalue weighted by Crippen LogP contribution is -1.92. The normalized spacial score (nSPS) is 10.5. The molecule has 22 heavy (non-hydrogen) atoms. The summed E-state index contributed by atoms with van der Waals surface area (Å²) in [7, 11) is 0. The first kappa shape index (κ1) is 15.3. The zero-order valence-corrected chi connectivity index (χ0v) is 12.2. The number of carbonyl (C=O) groups excluding carboxylic acids is 1. The van der Waals surface area contributed by atoms with Crippen molar-refractivity contribution in [2.45, 2.75) is 6.92 Å². The summed E-state index contributed by atoms with van der Waals surface area (Å²) < 4.78 is 0. The summed E-state index contributed by atoms with van der Waals surface area (Å²) in [6.07, 6.45) is 3.35. The number of azide groups is 1. The fourth-order valence-electron chi connectivity index (χ4n) is 2.03. The molecule has 2 rings (SSSR count). The molecule has 0 aromatic heterocycles. The van der Waals surface area contributed by atoms with Gasteiger partial charge in [0.15, 0.2) is 5.78 Å². The van der Waals surface area contributed by atoms with Crippen LogP contribution in [0.1, 0.15) is 18.1 Å². The van der Waals surface area contributed by atoms with Gasteiger partial charge in [-0.05, 0) is 35.2 Å². The van der Waals surface area contributed by atoms with Gasteiger partial charge in [0.1, 0.15) is 0 Å². The Morgan fingerprint density at radius 3 is 1.86 bits per heavy atom. The van der Waals surface area contributed by atoms with Crippen LogP contribution in [-0.4, -0.2) is 5.78 Å². The average molecular weight is 289 g/mol. The van der Waals surface area contributed by atoms with Crippen LogP contribution in [0.4, 0.5) is 0 Å². The monoisotopic (exact) mass is 289 g/mol. The van der Waals surface area contributed by atoms with E-state index in [0.717, 1.165) is 16.7 Å². The van der Waals surface area contributed by atoms with Crippen molar-refractivity contribution >= 4 is 11.4 Å². The summed E-state index contributed by atoms with van der Waals surface area (Å²) in [4.78, 5) is 14.1. The zero-order valence-electron chi connectivity index (χ0n) is 12.2. The summed E-state index contributed by atoms with van der Waals surface area (Å²) in [5.41, 5.74) is 11.6. The SMILES string of the molecule is CC(=O)C(=CC=C(c1ccccc1)c1ccccc1)N=[N+]=[N-]. The minimum atomic E-state index is -0.269. The highest BCUT2D eigenvalue weighted by molar-refractivity contribution is 5.93. The first-order chi connectivity index (χ1) is 10.7. The molecule has 2 aromatic carbocycles. The van der Waals surface area contributed by atoms with E-state index in [1.54, 1.807) is 12.2 Å². The van der Waals surface area contributed by atoms with Crippen LogP contribution < -0.4 is 0 Å². The number of hydrogen-bond donors (Lipinski definition) is 0. The maximum atomic E-state index is 11.5.